The number of aliphatic hydroxyl groups excluding tert-OH is 1. The molecule has 0 heterocycles. The number of rotatable bonds is 5. The van der Waals surface area contributed by atoms with Crippen LogP contribution in [-0.4, -0.2) is 32.0 Å². The average molecular weight is 221 g/mol. The van der Waals surface area contributed by atoms with Gasteiger partial charge in [0.2, 0.25) is 0 Å². The van der Waals surface area contributed by atoms with Gasteiger partial charge >= 0.3 is 0 Å². The maximum atomic E-state index is 9.78. The van der Waals surface area contributed by atoms with E-state index in [-0.39, 0.29) is 6.61 Å². The van der Waals surface area contributed by atoms with Crippen molar-refractivity contribution in [3.8, 4) is 11.8 Å². The van der Waals surface area contributed by atoms with Crippen LogP contribution in [-0.2, 0) is 4.74 Å². The lowest BCUT2D eigenvalue weighted by Gasteiger charge is -2.18. The predicted octanol–water partition coefficient (Wildman–Crippen LogP) is 1.31. The van der Waals surface area contributed by atoms with Gasteiger partial charge in [0.1, 0.15) is 11.7 Å². The molecule has 4 nitrogen and oxygen atoms in total. The van der Waals surface area contributed by atoms with E-state index in [4.69, 9.17) is 14.7 Å². The van der Waals surface area contributed by atoms with E-state index in [2.05, 4.69) is 6.07 Å². The maximum absolute atomic E-state index is 9.78. The van der Waals surface area contributed by atoms with Gasteiger partial charge in [-0.3, -0.25) is 0 Å². The van der Waals surface area contributed by atoms with E-state index < -0.39 is 12.0 Å². The van der Waals surface area contributed by atoms with Gasteiger partial charge in [-0.05, 0) is 6.07 Å². The molecule has 1 aromatic carbocycles. The number of benzene rings is 1. The van der Waals surface area contributed by atoms with Gasteiger partial charge in [0, 0.05) is 12.7 Å². The zero-order chi connectivity index (χ0) is 12.0. The highest BCUT2D eigenvalue weighted by molar-refractivity contribution is 5.39. The second kappa shape index (κ2) is 6.11. The van der Waals surface area contributed by atoms with E-state index in [1.165, 1.54) is 14.2 Å². The van der Waals surface area contributed by atoms with E-state index in [0.717, 1.165) is 0 Å². The van der Waals surface area contributed by atoms with Crippen molar-refractivity contribution < 1.29 is 14.6 Å². The second-order valence-electron chi connectivity index (χ2n) is 3.37. The van der Waals surface area contributed by atoms with Crippen molar-refractivity contribution in [2.45, 2.75) is 12.0 Å². The highest BCUT2D eigenvalue weighted by Crippen LogP contribution is 2.28. The second-order valence-corrected chi connectivity index (χ2v) is 3.37. The minimum absolute atomic E-state index is 0.121. The first-order chi connectivity index (χ1) is 7.74. The quantitative estimate of drug-likeness (QED) is 0.814. The first-order valence-electron chi connectivity index (χ1n) is 4.94. The van der Waals surface area contributed by atoms with Gasteiger partial charge in [0.05, 0.1) is 25.9 Å². The minimum atomic E-state index is -0.855. The van der Waals surface area contributed by atoms with Crippen LogP contribution in [0.2, 0.25) is 0 Å². The highest BCUT2D eigenvalue weighted by atomic mass is 16.5. The SMILES string of the molecule is COCC(O)C(C#N)c1ccccc1OC. The van der Waals surface area contributed by atoms with E-state index >= 15 is 0 Å². The summed E-state index contributed by atoms with van der Waals surface area (Å²) in [5, 5.41) is 18.9. The molecule has 0 aliphatic carbocycles. The van der Waals surface area contributed by atoms with Gasteiger partial charge in [0.15, 0.2) is 0 Å². The third-order valence-electron chi connectivity index (χ3n) is 2.34. The molecule has 0 aliphatic rings. The van der Waals surface area contributed by atoms with Crippen LogP contribution in [0.4, 0.5) is 0 Å². The average Bonchev–Trinajstić information content (AvgIpc) is 2.31. The Balaban J connectivity index is 2.99. The van der Waals surface area contributed by atoms with E-state index in [1.807, 2.05) is 12.1 Å². The number of nitriles is 1. The monoisotopic (exact) mass is 221 g/mol. The van der Waals surface area contributed by atoms with E-state index in [1.54, 1.807) is 12.1 Å². The molecule has 1 N–H and O–H groups in total. The van der Waals surface area contributed by atoms with Gasteiger partial charge in [-0.2, -0.15) is 5.26 Å². The highest BCUT2D eigenvalue weighted by Gasteiger charge is 2.23. The normalized spacial score (nSPS) is 13.9. The summed E-state index contributed by atoms with van der Waals surface area (Å²) < 4.78 is 9.99. The first kappa shape index (κ1) is 12.5. The molecule has 0 aromatic heterocycles. The summed E-state index contributed by atoms with van der Waals surface area (Å²) in [7, 11) is 3.02. The molecule has 1 aromatic rings. The molecule has 4 heteroatoms. The molecule has 0 radical (unpaired) electrons. The van der Waals surface area contributed by atoms with Crippen molar-refractivity contribution in [3.63, 3.8) is 0 Å². The van der Waals surface area contributed by atoms with Crippen molar-refractivity contribution in [2.24, 2.45) is 0 Å². The van der Waals surface area contributed by atoms with Crippen molar-refractivity contribution >= 4 is 0 Å². The van der Waals surface area contributed by atoms with Crippen LogP contribution in [0.3, 0.4) is 0 Å². The Kier molecular flexibility index (Phi) is 4.77. The van der Waals surface area contributed by atoms with Crippen LogP contribution in [0.1, 0.15) is 11.5 Å². The van der Waals surface area contributed by atoms with Gasteiger partial charge in [-0.25, -0.2) is 0 Å². The number of aliphatic hydroxyl groups is 1. The van der Waals surface area contributed by atoms with E-state index in [0.29, 0.717) is 11.3 Å². The van der Waals surface area contributed by atoms with Gasteiger partial charge < -0.3 is 14.6 Å². The van der Waals surface area contributed by atoms with Crippen LogP contribution in [0.25, 0.3) is 0 Å². The van der Waals surface area contributed by atoms with Crippen molar-refractivity contribution in [1.82, 2.24) is 0 Å². The Bertz CT molecular complexity index is 373. The summed E-state index contributed by atoms with van der Waals surface area (Å²) in [6.45, 7) is 0.121. The number of methoxy groups -OCH3 is 2. The van der Waals surface area contributed by atoms with Crippen LogP contribution in [0.15, 0.2) is 24.3 Å². The van der Waals surface area contributed by atoms with Crippen molar-refractivity contribution in [3.05, 3.63) is 29.8 Å². The Morgan fingerprint density at radius 3 is 2.62 bits per heavy atom. The molecule has 16 heavy (non-hydrogen) atoms. The number of para-hydroxylation sites is 1. The van der Waals surface area contributed by atoms with Gasteiger partial charge in [0.25, 0.3) is 0 Å². The molecule has 1 rings (SSSR count). The third-order valence-corrected chi connectivity index (χ3v) is 2.34. The standard InChI is InChI=1S/C12H15NO3/c1-15-8-11(14)10(7-13)9-5-3-4-6-12(9)16-2/h3-6,10-11,14H,8H2,1-2H3. The Hall–Kier alpha value is -1.57. The molecule has 0 saturated carbocycles. The van der Waals surface area contributed by atoms with Gasteiger partial charge in [-0.15, -0.1) is 0 Å². The maximum Gasteiger partial charge on any atom is 0.123 e. The Morgan fingerprint density at radius 2 is 2.06 bits per heavy atom. The van der Waals surface area contributed by atoms with E-state index in [9.17, 15) is 5.11 Å². The van der Waals surface area contributed by atoms with Crippen LogP contribution < -0.4 is 4.74 Å². The fourth-order valence-electron chi connectivity index (χ4n) is 1.55. The zero-order valence-corrected chi connectivity index (χ0v) is 9.38. The van der Waals surface area contributed by atoms with Crippen molar-refractivity contribution in [1.29, 1.82) is 5.26 Å². The summed E-state index contributed by atoms with van der Waals surface area (Å²) in [6.07, 6.45) is -0.855. The summed E-state index contributed by atoms with van der Waals surface area (Å²) in [6, 6.07) is 9.23. The smallest absolute Gasteiger partial charge is 0.123 e. The third kappa shape index (κ3) is 2.72. The molecule has 2 atom stereocenters. The molecule has 2 unspecified atom stereocenters. The largest absolute Gasteiger partial charge is 0.496 e. The molecular formula is C12H15NO3. The lowest BCUT2D eigenvalue weighted by atomic mass is 9.94. The lowest BCUT2D eigenvalue weighted by Crippen LogP contribution is -2.22. The van der Waals surface area contributed by atoms with Crippen LogP contribution in [0.5, 0.6) is 5.75 Å². The fourth-order valence-corrected chi connectivity index (χ4v) is 1.55. The summed E-state index contributed by atoms with van der Waals surface area (Å²) in [5.41, 5.74) is 0.678. The summed E-state index contributed by atoms with van der Waals surface area (Å²) in [5.74, 6) is -0.0414. The number of hydrogen-bond acceptors (Lipinski definition) is 4. The Morgan fingerprint density at radius 1 is 1.38 bits per heavy atom. The first-order valence-corrected chi connectivity index (χ1v) is 4.94. The lowest BCUT2D eigenvalue weighted by molar-refractivity contribution is 0.0567. The number of hydrogen-bond donors (Lipinski definition) is 1. The minimum Gasteiger partial charge on any atom is -0.496 e. The van der Waals surface area contributed by atoms with Crippen LogP contribution >= 0.6 is 0 Å². The molecule has 0 saturated heterocycles. The number of nitrogens with zero attached hydrogens (tertiary/aromatic N) is 1. The number of ether oxygens (including phenoxy) is 2. The molecule has 0 fully saturated rings. The van der Waals surface area contributed by atoms with Crippen LogP contribution in [0, 0.1) is 11.3 Å². The summed E-state index contributed by atoms with van der Waals surface area (Å²) in [4.78, 5) is 0. The topological polar surface area (TPSA) is 62.5 Å². The zero-order valence-electron chi connectivity index (χ0n) is 9.38. The fraction of sp³-hybridized carbons (Fsp3) is 0.417. The van der Waals surface area contributed by atoms with Gasteiger partial charge in [-0.1, -0.05) is 18.2 Å². The molecular weight excluding hydrogens is 206 g/mol. The molecule has 0 spiro atoms. The summed E-state index contributed by atoms with van der Waals surface area (Å²) >= 11 is 0. The molecule has 0 bridgehead atoms. The molecule has 0 aliphatic heterocycles. The van der Waals surface area contributed by atoms with Crippen molar-refractivity contribution in [2.75, 3.05) is 20.8 Å². The Labute approximate surface area is 95.0 Å². The molecule has 86 valence electrons. The predicted molar refractivity (Wildman–Crippen MR) is 59.2 cm³/mol. The molecule has 0 amide bonds.